The van der Waals surface area contributed by atoms with Gasteiger partial charge < -0.3 is 5.21 Å². The second-order valence-corrected chi connectivity index (χ2v) is 3.02. The van der Waals surface area contributed by atoms with Crippen molar-refractivity contribution < 1.29 is 14.0 Å². The lowest BCUT2D eigenvalue weighted by molar-refractivity contribution is 0.158. The third-order valence-electron chi connectivity index (χ3n) is 1.68. The fourth-order valence-electron chi connectivity index (χ4n) is 1.03. The van der Waals surface area contributed by atoms with Gasteiger partial charge in [-0.3, -0.25) is 0 Å². The Morgan fingerprint density at radius 1 is 1.46 bits per heavy atom. The van der Waals surface area contributed by atoms with Crippen molar-refractivity contribution in [2.45, 2.75) is 13.5 Å². The molecule has 0 aromatic heterocycles. The van der Waals surface area contributed by atoms with Crippen LogP contribution in [0.4, 0.5) is 8.78 Å². The van der Waals surface area contributed by atoms with Crippen LogP contribution in [0.25, 0.3) is 0 Å². The van der Waals surface area contributed by atoms with Crippen molar-refractivity contribution in [3.63, 3.8) is 0 Å². The molecule has 0 atom stereocenters. The van der Waals surface area contributed by atoms with Crippen LogP contribution >= 0.6 is 11.6 Å². The molecule has 72 valence electrons. The molecule has 1 rings (SSSR count). The summed E-state index contributed by atoms with van der Waals surface area (Å²) in [5.41, 5.74) is 1.67. The van der Waals surface area contributed by atoms with Gasteiger partial charge in [0, 0.05) is 5.56 Å². The lowest BCUT2D eigenvalue weighted by atomic mass is 10.1. The Labute approximate surface area is 79.1 Å². The highest BCUT2D eigenvalue weighted by Gasteiger charge is 2.14. The van der Waals surface area contributed by atoms with E-state index in [0.29, 0.717) is 0 Å². The Morgan fingerprint density at radius 3 is 2.62 bits per heavy atom. The van der Waals surface area contributed by atoms with Gasteiger partial charge in [-0.2, -0.15) is 0 Å². The van der Waals surface area contributed by atoms with Gasteiger partial charge in [0.25, 0.3) is 0 Å². The summed E-state index contributed by atoms with van der Waals surface area (Å²) in [6.07, 6.45) is 0. The minimum atomic E-state index is -0.841. The van der Waals surface area contributed by atoms with Gasteiger partial charge in [0.05, 0.1) is 11.6 Å². The predicted octanol–water partition coefficient (Wildman–Crippen LogP) is 2.41. The number of nitrogens with one attached hydrogen (secondary N) is 1. The Morgan fingerprint density at radius 2 is 2.08 bits per heavy atom. The first-order valence-electron chi connectivity index (χ1n) is 3.58. The molecule has 0 bridgehead atoms. The lowest BCUT2D eigenvalue weighted by Gasteiger charge is -2.07. The normalized spacial score (nSPS) is 10.5. The van der Waals surface area contributed by atoms with Crippen LogP contribution in [0.5, 0.6) is 0 Å². The third-order valence-corrected chi connectivity index (χ3v) is 1.96. The summed E-state index contributed by atoms with van der Waals surface area (Å²) in [5.74, 6) is -1.53. The first-order valence-corrected chi connectivity index (χ1v) is 3.95. The predicted molar refractivity (Wildman–Crippen MR) is 44.7 cm³/mol. The standard InChI is InChI=1S/C8H8ClF2NO/c1-4-2-6(9)8(11)5(3-12-13)7(4)10/h2,12-13H,3H2,1H3. The first-order chi connectivity index (χ1) is 6.07. The van der Waals surface area contributed by atoms with Crippen LogP contribution in [0.15, 0.2) is 6.07 Å². The molecule has 0 unspecified atom stereocenters. The van der Waals surface area contributed by atoms with Gasteiger partial charge in [-0.1, -0.05) is 11.6 Å². The first kappa shape index (κ1) is 10.4. The molecular weight excluding hydrogens is 200 g/mol. The Kier molecular flexibility index (Phi) is 3.19. The summed E-state index contributed by atoms with van der Waals surface area (Å²) < 4.78 is 26.3. The van der Waals surface area contributed by atoms with Crippen molar-refractivity contribution in [2.24, 2.45) is 0 Å². The molecule has 0 spiro atoms. The number of hydrogen-bond donors (Lipinski definition) is 2. The van der Waals surface area contributed by atoms with Crippen molar-refractivity contribution in [1.82, 2.24) is 5.48 Å². The van der Waals surface area contributed by atoms with E-state index in [1.807, 2.05) is 0 Å². The lowest BCUT2D eigenvalue weighted by Crippen LogP contribution is -2.11. The summed E-state index contributed by atoms with van der Waals surface area (Å²) in [6.45, 7) is 1.17. The van der Waals surface area contributed by atoms with Crippen molar-refractivity contribution in [1.29, 1.82) is 0 Å². The van der Waals surface area contributed by atoms with E-state index in [4.69, 9.17) is 16.8 Å². The molecule has 0 fully saturated rings. The quantitative estimate of drug-likeness (QED) is 0.577. The van der Waals surface area contributed by atoms with Gasteiger partial charge in [-0.25, -0.2) is 14.3 Å². The fourth-order valence-corrected chi connectivity index (χ4v) is 1.31. The molecule has 13 heavy (non-hydrogen) atoms. The number of hydroxylamine groups is 1. The highest BCUT2D eigenvalue weighted by molar-refractivity contribution is 6.30. The second kappa shape index (κ2) is 4.00. The maximum Gasteiger partial charge on any atom is 0.149 e. The number of rotatable bonds is 2. The minimum absolute atomic E-state index is 0.149. The van der Waals surface area contributed by atoms with Gasteiger partial charge in [0.15, 0.2) is 0 Å². The van der Waals surface area contributed by atoms with Gasteiger partial charge >= 0.3 is 0 Å². The largest absolute Gasteiger partial charge is 0.316 e. The average Bonchev–Trinajstić information content (AvgIpc) is 2.09. The Hall–Kier alpha value is -0.710. The topological polar surface area (TPSA) is 32.3 Å². The SMILES string of the molecule is Cc1cc(Cl)c(F)c(CNO)c1F. The molecule has 0 aliphatic rings. The highest BCUT2D eigenvalue weighted by atomic mass is 35.5. The number of benzene rings is 1. The van der Waals surface area contributed by atoms with Gasteiger partial charge in [-0.15, -0.1) is 0 Å². The van der Waals surface area contributed by atoms with E-state index >= 15 is 0 Å². The summed E-state index contributed by atoms with van der Waals surface area (Å²) in [4.78, 5) is 0. The molecule has 0 saturated carbocycles. The van der Waals surface area contributed by atoms with Crippen LogP contribution in [0.1, 0.15) is 11.1 Å². The van der Waals surface area contributed by atoms with Crippen LogP contribution in [-0.2, 0) is 6.54 Å². The molecule has 5 heteroatoms. The van der Waals surface area contributed by atoms with Crippen LogP contribution in [0.2, 0.25) is 5.02 Å². The molecule has 1 aromatic rings. The minimum Gasteiger partial charge on any atom is -0.316 e. The molecular formula is C8H8ClF2NO. The summed E-state index contributed by atoms with van der Waals surface area (Å²) >= 11 is 5.48. The zero-order valence-electron chi connectivity index (χ0n) is 6.87. The molecule has 0 radical (unpaired) electrons. The maximum atomic E-state index is 13.2. The molecule has 0 heterocycles. The Bertz CT molecular complexity index is 304. The zero-order valence-corrected chi connectivity index (χ0v) is 7.62. The van der Waals surface area contributed by atoms with E-state index in [-0.39, 0.29) is 22.7 Å². The smallest absolute Gasteiger partial charge is 0.149 e. The highest BCUT2D eigenvalue weighted by Crippen LogP contribution is 2.23. The number of aryl methyl sites for hydroxylation is 1. The zero-order chi connectivity index (χ0) is 10.0. The Balaban J connectivity index is 3.28. The number of hydrogen-bond acceptors (Lipinski definition) is 2. The van der Waals surface area contributed by atoms with Crippen LogP contribution in [0, 0.1) is 18.6 Å². The van der Waals surface area contributed by atoms with E-state index < -0.39 is 11.6 Å². The monoisotopic (exact) mass is 207 g/mol. The van der Waals surface area contributed by atoms with Crippen LogP contribution in [-0.4, -0.2) is 5.21 Å². The van der Waals surface area contributed by atoms with Crippen LogP contribution in [0.3, 0.4) is 0 Å². The molecule has 0 saturated heterocycles. The summed E-state index contributed by atoms with van der Waals surface area (Å²) in [6, 6.07) is 1.20. The van der Waals surface area contributed by atoms with E-state index in [1.165, 1.54) is 13.0 Å². The van der Waals surface area contributed by atoms with Gasteiger partial charge in [0.2, 0.25) is 0 Å². The molecule has 0 aliphatic carbocycles. The number of halogens is 3. The maximum absolute atomic E-state index is 13.2. The van der Waals surface area contributed by atoms with Gasteiger partial charge in [0.1, 0.15) is 11.6 Å². The molecule has 0 aliphatic heterocycles. The molecule has 0 amide bonds. The van der Waals surface area contributed by atoms with E-state index in [9.17, 15) is 8.78 Å². The van der Waals surface area contributed by atoms with E-state index in [2.05, 4.69) is 0 Å². The molecule has 2 N–H and O–H groups in total. The molecule has 2 nitrogen and oxygen atoms in total. The third kappa shape index (κ3) is 1.96. The van der Waals surface area contributed by atoms with Gasteiger partial charge in [-0.05, 0) is 18.6 Å². The average molecular weight is 208 g/mol. The fraction of sp³-hybridized carbons (Fsp3) is 0.250. The van der Waals surface area contributed by atoms with E-state index in [0.717, 1.165) is 0 Å². The van der Waals surface area contributed by atoms with Crippen molar-refractivity contribution in [3.8, 4) is 0 Å². The summed E-state index contributed by atoms with van der Waals surface area (Å²) in [5, 5.41) is 8.18. The van der Waals surface area contributed by atoms with E-state index in [1.54, 1.807) is 5.48 Å². The van der Waals surface area contributed by atoms with Crippen molar-refractivity contribution >= 4 is 11.6 Å². The van der Waals surface area contributed by atoms with Crippen molar-refractivity contribution in [3.05, 3.63) is 33.9 Å². The second-order valence-electron chi connectivity index (χ2n) is 2.62. The van der Waals surface area contributed by atoms with Crippen molar-refractivity contribution in [2.75, 3.05) is 0 Å². The molecule has 1 aromatic carbocycles. The summed E-state index contributed by atoms with van der Waals surface area (Å²) in [7, 11) is 0. The van der Waals surface area contributed by atoms with Crippen LogP contribution < -0.4 is 5.48 Å².